The first-order valence-corrected chi connectivity index (χ1v) is 11.4. The number of aromatic nitrogens is 2. The van der Waals surface area contributed by atoms with Gasteiger partial charge in [-0.1, -0.05) is 20.3 Å². The average molecular weight is 433 g/mol. The number of amides is 3. The van der Waals surface area contributed by atoms with E-state index in [1.807, 2.05) is 0 Å². The number of fused-ring (bicyclic) bond motifs is 1. The van der Waals surface area contributed by atoms with Gasteiger partial charge >= 0.3 is 0 Å². The number of rotatable bonds is 8. The third kappa shape index (κ3) is 5.26. The lowest BCUT2D eigenvalue weighted by atomic mass is 9.95. The molecule has 1 saturated heterocycles. The average Bonchev–Trinajstić information content (AvgIpc) is 3.16. The zero-order chi connectivity index (χ0) is 22.6. The summed E-state index contributed by atoms with van der Waals surface area (Å²) >= 11 is 0. The van der Waals surface area contributed by atoms with Gasteiger partial charge in [-0.05, 0) is 45.2 Å². The van der Waals surface area contributed by atoms with Gasteiger partial charge in [-0.15, -0.1) is 0 Å². The van der Waals surface area contributed by atoms with Crippen LogP contribution >= 0.6 is 0 Å². The predicted octanol–water partition coefficient (Wildman–Crippen LogP) is 1.11. The Bertz CT molecular complexity index is 814. The van der Waals surface area contributed by atoms with Gasteiger partial charge in [-0.3, -0.25) is 19.1 Å². The molecule has 2 aliphatic heterocycles. The maximum Gasteiger partial charge on any atom is 0.272 e. The molecule has 0 spiro atoms. The van der Waals surface area contributed by atoms with E-state index >= 15 is 0 Å². The first kappa shape index (κ1) is 23.2. The molecule has 2 aliphatic rings. The van der Waals surface area contributed by atoms with Crippen molar-refractivity contribution >= 4 is 17.7 Å². The summed E-state index contributed by atoms with van der Waals surface area (Å²) in [4.78, 5) is 42.2. The van der Waals surface area contributed by atoms with E-state index in [0.29, 0.717) is 24.7 Å². The molecule has 0 unspecified atom stereocenters. The Balaban J connectivity index is 1.63. The van der Waals surface area contributed by atoms with Gasteiger partial charge in [-0.2, -0.15) is 5.10 Å². The van der Waals surface area contributed by atoms with Crippen molar-refractivity contribution in [3.05, 3.63) is 17.5 Å². The quantitative estimate of drug-likeness (QED) is 0.641. The lowest BCUT2D eigenvalue weighted by Gasteiger charge is -2.40. The normalized spacial score (nSPS) is 21.8. The van der Waals surface area contributed by atoms with E-state index in [0.717, 1.165) is 26.1 Å². The monoisotopic (exact) mass is 432 g/mol. The minimum Gasteiger partial charge on any atom is -0.354 e. The smallest absolute Gasteiger partial charge is 0.272 e. The number of hydrogen-bond acceptors (Lipinski definition) is 5. The SMILES string of the molecule is CC(C)CCNC(=O)[C@]1(C)Cn2nc(C(=O)NCCN3CCCCC3)cc2C(=O)N1C. The van der Waals surface area contributed by atoms with Crippen molar-refractivity contribution < 1.29 is 14.4 Å². The predicted molar refractivity (Wildman–Crippen MR) is 118 cm³/mol. The van der Waals surface area contributed by atoms with Crippen LogP contribution in [-0.2, 0) is 11.3 Å². The molecule has 0 radical (unpaired) electrons. The zero-order valence-electron chi connectivity index (χ0n) is 19.2. The number of likely N-dealkylation sites (N-methyl/N-ethyl adjacent to an activating group) is 1. The molecule has 0 aliphatic carbocycles. The van der Waals surface area contributed by atoms with Crippen LogP contribution in [0.25, 0.3) is 0 Å². The Hall–Kier alpha value is -2.42. The summed E-state index contributed by atoms with van der Waals surface area (Å²) in [5.74, 6) is -0.338. The van der Waals surface area contributed by atoms with Gasteiger partial charge in [0.05, 0.1) is 6.54 Å². The second-order valence-electron chi connectivity index (χ2n) is 9.31. The Labute approximate surface area is 184 Å². The summed E-state index contributed by atoms with van der Waals surface area (Å²) in [6, 6.07) is 1.52. The summed E-state index contributed by atoms with van der Waals surface area (Å²) in [5.41, 5.74) is -0.522. The molecule has 3 heterocycles. The zero-order valence-corrected chi connectivity index (χ0v) is 19.2. The topological polar surface area (TPSA) is 99.6 Å². The fourth-order valence-corrected chi connectivity index (χ4v) is 4.10. The number of likely N-dealkylation sites (tertiary alicyclic amines) is 1. The van der Waals surface area contributed by atoms with Crippen molar-refractivity contribution in [2.24, 2.45) is 5.92 Å². The van der Waals surface area contributed by atoms with Crippen LogP contribution in [0.5, 0.6) is 0 Å². The second kappa shape index (κ2) is 9.80. The Morgan fingerprint density at radius 3 is 2.55 bits per heavy atom. The number of nitrogens with one attached hydrogen (secondary N) is 2. The van der Waals surface area contributed by atoms with Gasteiger partial charge in [-0.25, -0.2) is 0 Å². The molecule has 2 N–H and O–H groups in total. The molecule has 31 heavy (non-hydrogen) atoms. The van der Waals surface area contributed by atoms with Crippen molar-refractivity contribution in [3.8, 4) is 0 Å². The van der Waals surface area contributed by atoms with Gasteiger partial charge in [0.1, 0.15) is 11.2 Å². The number of carbonyl (C=O) groups is 3. The second-order valence-corrected chi connectivity index (χ2v) is 9.31. The van der Waals surface area contributed by atoms with Crippen LogP contribution in [0.1, 0.15) is 67.4 Å². The maximum atomic E-state index is 12.9. The van der Waals surface area contributed by atoms with Crippen molar-refractivity contribution in [1.82, 2.24) is 30.2 Å². The van der Waals surface area contributed by atoms with Crippen LogP contribution in [0.4, 0.5) is 0 Å². The van der Waals surface area contributed by atoms with E-state index in [2.05, 4.69) is 34.5 Å². The van der Waals surface area contributed by atoms with Gasteiger partial charge < -0.3 is 20.4 Å². The van der Waals surface area contributed by atoms with E-state index in [4.69, 9.17) is 0 Å². The highest BCUT2D eigenvalue weighted by molar-refractivity contribution is 6.01. The van der Waals surface area contributed by atoms with Crippen LogP contribution in [0.2, 0.25) is 0 Å². The molecule has 172 valence electrons. The van der Waals surface area contributed by atoms with Crippen LogP contribution in [-0.4, -0.2) is 82.6 Å². The molecule has 0 saturated carbocycles. The van der Waals surface area contributed by atoms with Gasteiger partial charge in [0.25, 0.3) is 11.8 Å². The molecule has 3 rings (SSSR count). The van der Waals surface area contributed by atoms with Crippen LogP contribution < -0.4 is 10.6 Å². The number of carbonyl (C=O) groups excluding carboxylic acids is 3. The molecule has 0 aromatic carbocycles. The number of hydrogen-bond donors (Lipinski definition) is 2. The lowest BCUT2D eigenvalue weighted by Crippen LogP contribution is -2.62. The highest BCUT2D eigenvalue weighted by Crippen LogP contribution is 2.26. The molecule has 9 heteroatoms. The minimum atomic E-state index is -1.06. The van der Waals surface area contributed by atoms with E-state index in [1.165, 1.54) is 34.9 Å². The molecular weight excluding hydrogens is 396 g/mol. The third-order valence-corrected chi connectivity index (χ3v) is 6.39. The standard InChI is InChI=1S/C22H36N6O3/c1-16(2)8-9-24-21(31)22(3)15-28-18(20(30)26(22)4)14-17(25-28)19(29)23-10-13-27-11-6-5-7-12-27/h14,16H,5-13,15H2,1-4H3,(H,23,29)(H,24,31)/t22-/m0/s1. The van der Waals surface area contributed by atoms with Crippen LogP contribution in [0, 0.1) is 5.92 Å². The van der Waals surface area contributed by atoms with Gasteiger partial charge in [0.2, 0.25) is 5.91 Å². The summed E-state index contributed by atoms with van der Waals surface area (Å²) in [5, 5.41) is 10.2. The van der Waals surface area contributed by atoms with Crippen molar-refractivity contribution in [3.63, 3.8) is 0 Å². The molecule has 1 aromatic heterocycles. The fraction of sp³-hybridized carbons (Fsp3) is 0.727. The number of piperidine rings is 1. The summed E-state index contributed by atoms with van der Waals surface area (Å²) in [6.45, 7) is 10.2. The number of nitrogens with zero attached hydrogens (tertiary/aromatic N) is 4. The molecule has 3 amide bonds. The first-order chi connectivity index (χ1) is 14.7. The molecule has 1 atom stereocenters. The van der Waals surface area contributed by atoms with E-state index in [9.17, 15) is 14.4 Å². The van der Waals surface area contributed by atoms with Gasteiger partial charge in [0.15, 0.2) is 5.69 Å². The summed E-state index contributed by atoms with van der Waals surface area (Å²) in [6.07, 6.45) is 4.57. The van der Waals surface area contributed by atoms with Crippen LogP contribution in [0.15, 0.2) is 6.07 Å². The molecule has 1 aromatic rings. The Morgan fingerprint density at radius 1 is 1.16 bits per heavy atom. The minimum absolute atomic E-state index is 0.207. The summed E-state index contributed by atoms with van der Waals surface area (Å²) < 4.78 is 1.49. The highest BCUT2D eigenvalue weighted by atomic mass is 16.2. The van der Waals surface area contributed by atoms with Crippen molar-refractivity contribution in [1.29, 1.82) is 0 Å². The summed E-state index contributed by atoms with van der Waals surface area (Å²) in [7, 11) is 1.62. The Kier molecular flexibility index (Phi) is 7.35. The largest absolute Gasteiger partial charge is 0.354 e. The third-order valence-electron chi connectivity index (χ3n) is 6.39. The lowest BCUT2D eigenvalue weighted by molar-refractivity contribution is -0.132. The highest BCUT2D eigenvalue weighted by Gasteiger charge is 2.46. The van der Waals surface area contributed by atoms with Gasteiger partial charge in [0, 0.05) is 32.7 Å². The van der Waals surface area contributed by atoms with E-state index in [1.54, 1.807) is 14.0 Å². The van der Waals surface area contributed by atoms with Crippen LogP contribution in [0.3, 0.4) is 0 Å². The molecule has 9 nitrogen and oxygen atoms in total. The molecule has 0 bridgehead atoms. The van der Waals surface area contributed by atoms with E-state index < -0.39 is 5.54 Å². The molecule has 1 fully saturated rings. The first-order valence-electron chi connectivity index (χ1n) is 11.4. The van der Waals surface area contributed by atoms with Crippen molar-refractivity contribution in [2.75, 3.05) is 39.8 Å². The van der Waals surface area contributed by atoms with E-state index in [-0.39, 0.29) is 30.0 Å². The molecular formula is C22H36N6O3. The van der Waals surface area contributed by atoms with Crippen molar-refractivity contribution in [2.45, 2.75) is 58.5 Å². The maximum absolute atomic E-state index is 12.9. The fourth-order valence-electron chi connectivity index (χ4n) is 4.10. The Morgan fingerprint density at radius 2 is 1.87 bits per heavy atom.